The van der Waals surface area contributed by atoms with Crippen molar-refractivity contribution in [1.82, 2.24) is 0 Å². The first-order valence-electron chi connectivity index (χ1n) is 6.53. The zero-order valence-electron chi connectivity index (χ0n) is 10.8. The Morgan fingerprint density at radius 3 is 2.38 bits per heavy atom. The number of carbonyl (C=O) groups is 1. The predicted octanol–water partition coefficient (Wildman–Crippen LogP) is 4.10. The number of unbranched alkanes of at least 4 members (excludes halogenated alkanes) is 3. The molecule has 94 valence electrons. The van der Waals surface area contributed by atoms with Crippen molar-refractivity contribution in [2.45, 2.75) is 58.8 Å². The quantitative estimate of drug-likeness (QED) is 0.318. The fraction of sp³-hybridized carbons (Fsp3) is 0.786. The van der Waals surface area contributed by atoms with Crippen LogP contribution in [0.2, 0.25) is 0 Å². The summed E-state index contributed by atoms with van der Waals surface area (Å²) >= 11 is 0. The normalized spacial score (nSPS) is 12.1. The number of carbonyl (C=O) groups excluding carboxylic acids is 1. The molecule has 0 aromatic carbocycles. The molecule has 0 bridgehead atoms. The minimum atomic E-state index is -0.294. The molecule has 1 atom stereocenters. The maximum absolute atomic E-state index is 11.0. The van der Waals surface area contributed by atoms with Crippen LogP contribution in [0.1, 0.15) is 58.8 Å². The largest absolute Gasteiger partial charge is 0.462 e. The van der Waals surface area contributed by atoms with Gasteiger partial charge in [0, 0.05) is 6.08 Å². The van der Waals surface area contributed by atoms with Crippen LogP contribution >= 0.6 is 0 Å². The summed E-state index contributed by atoms with van der Waals surface area (Å²) in [6, 6.07) is 0. The van der Waals surface area contributed by atoms with Crippen molar-refractivity contribution >= 4 is 5.97 Å². The smallest absolute Gasteiger partial charge is 0.330 e. The van der Waals surface area contributed by atoms with Gasteiger partial charge < -0.3 is 4.74 Å². The van der Waals surface area contributed by atoms with Gasteiger partial charge in [-0.25, -0.2) is 4.79 Å². The Kier molecular flexibility index (Phi) is 10.2. The van der Waals surface area contributed by atoms with Gasteiger partial charge in [-0.05, 0) is 18.8 Å². The Labute approximate surface area is 100 Å². The van der Waals surface area contributed by atoms with E-state index in [1.807, 2.05) is 0 Å². The van der Waals surface area contributed by atoms with E-state index in [2.05, 4.69) is 20.4 Å². The maximum Gasteiger partial charge on any atom is 0.330 e. The lowest BCUT2D eigenvalue weighted by Gasteiger charge is -2.15. The Hall–Kier alpha value is -0.790. The zero-order chi connectivity index (χ0) is 12.2. The van der Waals surface area contributed by atoms with Gasteiger partial charge in [-0.3, -0.25) is 0 Å². The topological polar surface area (TPSA) is 26.3 Å². The summed E-state index contributed by atoms with van der Waals surface area (Å²) in [5, 5.41) is 0. The second-order valence-corrected chi connectivity index (χ2v) is 4.34. The molecule has 0 fully saturated rings. The molecule has 0 radical (unpaired) electrons. The summed E-state index contributed by atoms with van der Waals surface area (Å²) in [5.41, 5.74) is 0. The van der Waals surface area contributed by atoms with Gasteiger partial charge >= 0.3 is 5.97 Å². The van der Waals surface area contributed by atoms with Crippen LogP contribution in [0.3, 0.4) is 0 Å². The molecule has 0 amide bonds. The highest BCUT2D eigenvalue weighted by molar-refractivity contribution is 5.81. The van der Waals surface area contributed by atoms with Crippen LogP contribution in [-0.2, 0) is 9.53 Å². The van der Waals surface area contributed by atoms with Crippen LogP contribution in [0.5, 0.6) is 0 Å². The lowest BCUT2D eigenvalue weighted by atomic mass is 9.96. The summed E-state index contributed by atoms with van der Waals surface area (Å²) in [4.78, 5) is 11.0. The Morgan fingerprint density at radius 2 is 1.81 bits per heavy atom. The van der Waals surface area contributed by atoms with E-state index in [4.69, 9.17) is 4.74 Å². The van der Waals surface area contributed by atoms with Gasteiger partial charge in [-0.15, -0.1) is 0 Å². The summed E-state index contributed by atoms with van der Waals surface area (Å²) < 4.78 is 5.12. The van der Waals surface area contributed by atoms with Gasteiger partial charge in [0.2, 0.25) is 0 Å². The molecule has 0 N–H and O–H groups in total. The first-order valence-corrected chi connectivity index (χ1v) is 6.53. The second-order valence-electron chi connectivity index (χ2n) is 4.34. The molecule has 0 aromatic heterocycles. The van der Waals surface area contributed by atoms with Crippen LogP contribution in [0.15, 0.2) is 12.7 Å². The molecular weight excluding hydrogens is 200 g/mol. The van der Waals surface area contributed by atoms with Crippen LogP contribution in [0, 0.1) is 5.92 Å². The summed E-state index contributed by atoms with van der Waals surface area (Å²) in [7, 11) is 0. The van der Waals surface area contributed by atoms with Crippen molar-refractivity contribution in [3.05, 3.63) is 12.7 Å². The lowest BCUT2D eigenvalue weighted by Crippen LogP contribution is -2.13. The van der Waals surface area contributed by atoms with E-state index < -0.39 is 0 Å². The van der Waals surface area contributed by atoms with Crippen LogP contribution < -0.4 is 0 Å². The van der Waals surface area contributed by atoms with Crippen molar-refractivity contribution in [2.75, 3.05) is 6.61 Å². The molecule has 0 aliphatic carbocycles. The molecule has 0 saturated heterocycles. The van der Waals surface area contributed by atoms with Crippen molar-refractivity contribution in [1.29, 1.82) is 0 Å². The average Bonchev–Trinajstić information content (AvgIpc) is 2.31. The Morgan fingerprint density at radius 1 is 1.19 bits per heavy atom. The van der Waals surface area contributed by atoms with Crippen LogP contribution in [0.4, 0.5) is 0 Å². The first-order chi connectivity index (χ1) is 7.74. The van der Waals surface area contributed by atoms with Crippen molar-refractivity contribution in [3.63, 3.8) is 0 Å². The second kappa shape index (κ2) is 10.7. The third-order valence-electron chi connectivity index (χ3n) is 2.81. The third kappa shape index (κ3) is 8.51. The Bertz CT molecular complexity index is 187. The summed E-state index contributed by atoms with van der Waals surface area (Å²) in [6.07, 6.45) is 9.79. The Balaban J connectivity index is 3.79. The third-order valence-corrected chi connectivity index (χ3v) is 2.81. The number of esters is 1. The summed E-state index contributed by atoms with van der Waals surface area (Å²) in [6.45, 7) is 8.37. The van der Waals surface area contributed by atoms with E-state index in [-0.39, 0.29) is 5.97 Å². The van der Waals surface area contributed by atoms with E-state index >= 15 is 0 Å². The van der Waals surface area contributed by atoms with Crippen LogP contribution in [-0.4, -0.2) is 12.6 Å². The maximum atomic E-state index is 11.0. The molecule has 0 spiro atoms. The van der Waals surface area contributed by atoms with Crippen molar-refractivity contribution in [2.24, 2.45) is 5.92 Å². The van der Waals surface area contributed by atoms with Gasteiger partial charge in [0.15, 0.2) is 0 Å². The van der Waals surface area contributed by atoms with E-state index in [1.54, 1.807) is 0 Å². The molecule has 1 unspecified atom stereocenters. The number of rotatable bonds is 10. The van der Waals surface area contributed by atoms with E-state index in [0.717, 1.165) is 0 Å². The standard InChI is InChI=1S/C14H26O2/c1-4-7-9-11-13(10-8-5-2)12-16-14(15)6-3/h6,13H,3-5,7-12H2,1-2H3. The molecule has 0 aliphatic rings. The number of ether oxygens (including phenoxy) is 1. The molecular formula is C14H26O2. The molecule has 0 aliphatic heterocycles. The average molecular weight is 226 g/mol. The van der Waals surface area contributed by atoms with Gasteiger partial charge in [-0.2, -0.15) is 0 Å². The van der Waals surface area contributed by atoms with Crippen molar-refractivity contribution < 1.29 is 9.53 Å². The highest BCUT2D eigenvalue weighted by atomic mass is 16.5. The van der Waals surface area contributed by atoms with Gasteiger partial charge in [0.1, 0.15) is 0 Å². The molecule has 0 saturated carbocycles. The number of hydrogen-bond acceptors (Lipinski definition) is 2. The summed E-state index contributed by atoms with van der Waals surface area (Å²) in [5.74, 6) is 0.243. The highest BCUT2D eigenvalue weighted by Gasteiger charge is 2.10. The molecule has 2 nitrogen and oxygen atoms in total. The van der Waals surface area contributed by atoms with E-state index in [9.17, 15) is 4.79 Å². The fourth-order valence-electron chi connectivity index (χ4n) is 1.75. The number of hydrogen-bond donors (Lipinski definition) is 0. The zero-order valence-corrected chi connectivity index (χ0v) is 10.8. The molecule has 16 heavy (non-hydrogen) atoms. The highest BCUT2D eigenvalue weighted by Crippen LogP contribution is 2.17. The minimum absolute atomic E-state index is 0.294. The molecule has 0 rings (SSSR count). The molecule has 0 heterocycles. The minimum Gasteiger partial charge on any atom is -0.462 e. The van der Waals surface area contributed by atoms with Gasteiger partial charge in [-0.1, -0.05) is 52.5 Å². The predicted molar refractivity (Wildman–Crippen MR) is 68.3 cm³/mol. The molecule has 2 heteroatoms. The van der Waals surface area contributed by atoms with E-state index in [0.29, 0.717) is 12.5 Å². The lowest BCUT2D eigenvalue weighted by molar-refractivity contribution is -0.139. The van der Waals surface area contributed by atoms with Gasteiger partial charge in [0.05, 0.1) is 6.61 Å². The fourth-order valence-corrected chi connectivity index (χ4v) is 1.75. The first kappa shape index (κ1) is 15.2. The van der Waals surface area contributed by atoms with Gasteiger partial charge in [0.25, 0.3) is 0 Å². The molecule has 0 aromatic rings. The van der Waals surface area contributed by atoms with Crippen molar-refractivity contribution in [3.8, 4) is 0 Å². The van der Waals surface area contributed by atoms with Crippen LogP contribution in [0.25, 0.3) is 0 Å². The monoisotopic (exact) mass is 226 g/mol. The SMILES string of the molecule is C=CC(=O)OCC(CCCC)CCCCC. The van der Waals surface area contributed by atoms with E-state index in [1.165, 1.54) is 51.0 Å².